The van der Waals surface area contributed by atoms with Crippen LogP contribution in [0.5, 0.6) is 0 Å². The molecule has 2 amide bonds. The summed E-state index contributed by atoms with van der Waals surface area (Å²) in [5, 5.41) is 3.25. The summed E-state index contributed by atoms with van der Waals surface area (Å²) in [6.07, 6.45) is -0.307. The van der Waals surface area contributed by atoms with E-state index in [1.807, 2.05) is 4.90 Å². The predicted molar refractivity (Wildman–Crippen MR) is 66.1 cm³/mol. The van der Waals surface area contributed by atoms with E-state index in [4.69, 9.17) is 0 Å². The molecular weight excluding hydrogens is 234 g/mol. The van der Waals surface area contributed by atoms with Crippen LogP contribution in [0.2, 0.25) is 0 Å². The van der Waals surface area contributed by atoms with Gasteiger partial charge in [-0.05, 0) is 12.5 Å². The largest absolute Gasteiger partial charge is 0.453 e. The Kier molecular flexibility index (Phi) is 4.06. The number of nitrogens with zero attached hydrogens (tertiary/aromatic N) is 2. The van der Waals surface area contributed by atoms with Crippen molar-refractivity contribution in [3.8, 4) is 0 Å². The molecule has 0 aliphatic carbocycles. The third-order valence-electron chi connectivity index (χ3n) is 3.86. The van der Waals surface area contributed by atoms with Gasteiger partial charge in [-0.1, -0.05) is 6.92 Å². The Labute approximate surface area is 107 Å². The van der Waals surface area contributed by atoms with Gasteiger partial charge in [0, 0.05) is 32.7 Å². The highest BCUT2D eigenvalue weighted by molar-refractivity contribution is 5.80. The average Bonchev–Trinajstić information content (AvgIpc) is 2.83. The first kappa shape index (κ1) is 13.1. The van der Waals surface area contributed by atoms with E-state index < -0.39 is 0 Å². The summed E-state index contributed by atoms with van der Waals surface area (Å²) >= 11 is 0. The lowest BCUT2D eigenvalue weighted by atomic mass is 9.96. The normalized spacial score (nSPS) is 28.3. The summed E-state index contributed by atoms with van der Waals surface area (Å²) in [5.41, 5.74) is 0. The third kappa shape index (κ3) is 2.58. The number of ether oxygens (including phenoxy) is 1. The minimum atomic E-state index is -0.307. The Bertz CT molecular complexity index is 327. The van der Waals surface area contributed by atoms with Crippen molar-refractivity contribution in [3.05, 3.63) is 0 Å². The first-order valence-corrected chi connectivity index (χ1v) is 6.46. The average molecular weight is 255 g/mol. The van der Waals surface area contributed by atoms with Gasteiger partial charge in [0.1, 0.15) is 0 Å². The van der Waals surface area contributed by atoms with Crippen molar-refractivity contribution in [2.45, 2.75) is 6.92 Å². The number of hydrogen-bond donors (Lipinski definition) is 1. The quantitative estimate of drug-likeness (QED) is 0.702. The number of amides is 2. The fourth-order valence-electron chi connectivity index (χ4n) is 2.61. The van der Waals surface area contributed by atoms with Crippen molar-refractivity contribution in [2.24, 2.45) is 11.8 Å². The fraction of sp³-hybridized carbons (Fsp3) is 0.833. The van der Waals surface area contributed by atoms with Gasteiger partial charge in [-0.3, -0.25) is 4.79 Å². The van der Waals surface area contributed by atoms with Crippen molar-refractivity contribution < 1.29 is 14.3 Å². The molecule has 0 aromatic heterocycles. The highest BCUT2D eigenvalue weighted by atomic mass is 16.5. The number of methoxy groups -OCH3 is 1. The second kappa shape index (κ2) is 5.56. The van der Waals surface area contributed by atoms with Gasteiger partial charge in [-0.25, -0.2) is 4.79 Å². The van der Waals surface area contributed by atoms with Crippen LogP contribution < -0.4 is 5.32 Å². The molecule has 2 fully saturated rings. The van der Waals surface area contributed by atoms with Crippen LogP contribution in [-0.4, -0.2) is 68.2 Å². The maximum atomic E-state index is 12.3. The first-order chi connectivity index (χ1) is 8.63. The van der Waals surface area contributed by atoms with E-state index in [0.717, 1.165) is 13.1 Å². The van der Waals surface area contributed by atoms with Gasteiger partial charge in [0.2, 0.25) is 5.91 Å². The molecule has 2 rings (SSSR count). The van der Waals surface area contributed by atoms with Gasteiger partial charge in [-0.2, -0.15) is 0 Å². The molecule has 0 bridgehead atoms. The van der Waals surface area contributed by atoms with E-state index in [0.29, 0.717) is 32.1 Å². The molecule has 0 radical (unpaired) electrons. The number of hydrogen-bond acceptors (Lipinski definition) is 4. The van der Waals surface area contributed by atoms with Crippen molar-refractivity contribution in [1.82, 2.24) is 15.1 Å². The Hall–Kier alpha value is -1.30. The van der Waals surface area contributed by atoms with E-state index in [1.165, 1.54) is 7.11 Å². The summed E-state index contributed by atoms with van der Waals surface area (Å²) in [5.74, 6) is 0.711. The fourth-order valence-corrected chi connectivity index (χ4v) is 2.61. The molecule has 0 spiro atoms. The van der Waals surface area contributed by atoms with Crippen molar-refractivity contribution >= 4 is 12.0 Å². The van der Waals surface area contributed by atoms with Gasteiger partial charge in [0.25, 0.3) is 0 Å². The summed E-state index contributed by atoms with van der Waals surface area (Å²) in [6, 6.07) is 0. The highest BCUT2D eigenvalue weighted by Crippen LogP contribution is 2.19. The number of carbonyl (C=O) groups excluding carboxylic acids is 2. The topological polar surface area (TPSA) is 61.9 Å². The van der Waals surface area contributed by atoms with Crippen molar-refractivity contribution in [1.29, 1.82) is 0 Å². The third-order valence-corrected chi connectivity index (χ3v) is 3.86. The van der Waals surface area contributed by atoms with Crippen LogP contribution in [0.1, 0.15) is 6.92 Å². The maximum absolute atomic E-state index is 12.3. The molecule has 6 nitrogen and oxygen atoms in total. The minimum absolute atomic E-state index is 0.0923. The molecule has 102 valence electrons. The molecule has 1 N–H and O–H groups in total. The molecule has 2 aliphatic rings. The smallest absolute Gasteiger partial charge is 0.409 e. The molecule has 2 unspecified atom stereocenters. The summed E-state index contributed by atoms with van der Waals surface area (Å²) in [4.78, 5) is 27.2. The van der Waals surface area contributed by atoms with E-state index >= 15 is 0 Å². The first-order valence-electron chi connectivity index (χ1n) is 6.46. The van der Waals surface area contributed by atoms with E-state index in [-0.39, 0.29) is 17.9 Å². The van der Waals surface area contributed by atoms with Crippen LogP contribution in [0.4, 0.5) is 4.79 Å². The van der Waals surface area contributed by atoms with Gasteiger partial charge in [0.15, 0.2) is 0 Å². The Balaban J connectivity index is 1.86. The zero-order valence-electron chi connectivity index (χ0n) is 11.0. The molecule has 2 aliphatic heterocycles. The zero-order chi connectivity index (χ0) is 13.1. The second-order valence-corrected chi connectivity index (χ2v) is 5.02. The van der Waals surface area contributed by atoms with Crippen LogP contribution >= 0.6 is 0 Å². The molecule has 0 aromatic rings. The highest BCUT2D eigenvalue weighted by Gasteiger charge is 2.34. The number of carbonyl (C=O) groups is 2. The summed E-state index contributed by atoms with van der Waals surface area (Å²) < 4.78 is 4.68. The van der Waals surface area contributed by atoms with Gasteiger partial charge < -0.3 is 19.9 Å². The van der Waals surface area contributed by atoms with Gasteiger partial charge in [-0.15, -0.1) is 0 Å². The van der Waals surface area contributed by atoms with Gasteiger partial charge >= 0.3 is 6.09 Å². The van der Waals surface area contributed by atoms with E-state index in [9.17, 15) is 9.59 Å². The SMILES string of the molecule is COC(=O)N1CCN(C(=O)C2CNCC2C)CC1. The lowest BCUT2D eigenvalue weighted by Gasteiger charge is -2.35. The Morgan fingerprint density at radius 1 is 1.11 bits per heavy atom. The monoisotopic (exact) mass is 255 g/mol. The zero-order valence-corrected chi connectivity index (χ0v) is 11.0. The molecule has 0 saturated carbocycles. The van der Waals surface area contributed by atoms with Crippen LogP contribution in [0.15, 0.2) is 0 Å². The minimum Gasteiger partial charge on any atom is -0.453 e. The lowest BCUT2D eigenvalue weighted by molar-refractivity contribution is -0.137. The van der Waals surface area contributed by atoms with E-state index in [1.54, 1.807) is 4.90 Å². The van der Waals surface area contributed by atoms with Crippen LogP contribution in [0.25, 0.3) is 0 Å². The molecule has 2 heterocycles. The molecule has 18 heavy (non-hydrogen) atoms. The van der Waals surface area contributed by atoms with Crippen LogP contribution in [0, 0.1) is 11.8 Å². The lowest BCUT2D eigenvalue weighted by Crippen LogP contribution is -2.52. The number of piperazine rings is 1. The molecule has 2 atom stereocenters. The predicted octanol–water partition coefficient (Wildman–Crippen LogP) is -0.247. The summed E-state index contributed by atoms with van der Waals surface area (Å²) in [7, 11) is 1.38. The standard InChI is InChI=1S/C12H21N3O3/c1-9-7-13-8-10(9)11(16)14-3-5-15(6-4-14)12(17)18-2/h9-10,13H,3-8H2,1-2H3. The van der Waals surface area contributed by atoms with Crippen molar-refractivity contribution in [3.63, 3.8) is 0 Å². The molecule has 2 saturated heterocycles. The molecular formula is C12H21N3O3. The summed E-state index contributed by atoms with van der Waals surface area (Å²) in [6.45, 7) is 6.14. The van der Waals surface area contributed by atoms with E-state index in [2.05, 4.69) is 17.0 Å². The van der Waals surface area contributed by atoms with Gasteiger partial charge in [0.05, 0.1) is 13.0 Å². The van der Waals surface area contributed by atoms with Crippen molar-refractivity contribution in [2.75, 3.05) is 46.4 Å². The Morgan fingerprint density at radius 2 is 1.72 bits per heavy atom. The number of rotatable bonds is 1. The second-order valence-electron chi connectivity index (χ2n) is 5.02. The van der Waals surface area contributed by atoms with Crippen LogP contribution in [-0.2, 0) is 9.53 Å². The molecule has 6 heteroatoms. The van der Waals surface area contributed by atoms with Crippen LogP contribution in [0.3, 0.4) is 0 Å². The molecule has 0 aromatic carbocycles. The number of nitrogens with one attached hydrogen (secondary N) is 1. The Morgan fingerprint density at radius 3 is 2.22 bits per heavy atom. The maximum Gasteiger partial charge on any atom is 0.409 e.